The molecule has 0 aliphatic carbocycles. The number of rotatable bonds is 4. The second-order valence-corrected chi connectivity index (χ2v) is 7.97. The largest absolute Gasteiger partial charge is 0.374 e. The second-order valence-electron chi connectivity index (χ2n) is 7.97. The average Bonchev–Trinajstić information content (AvgIpc) is 3.18. The van der Waals surface area contributed by atoms with Gasteiger partial charge in [-0.15, -0.1) is 0 Å². The molecule has 30 heavy (non-hydrogen) atoms. The predicted molar refractivity (Wildman–Crippen MR) is 112 cm³/mol. The SMILES string of the molecule is O=C1CCN(c2cnc3cc(N4CCN(C[C@@H]5CNCCO5)CC4)ccn23)C(=O)N1. The summed E-state index contributed by atoms with van der Waals surface area (Å²) in [5, 5.41) is 5.75. The molecule has 0 unspecified atom stereocenters. The molecular formula is C20H27N7O3. The van der Waals surface area contributed by atoms with Gasteiger partial charge in [-0.05, 0) is 6.07 Å². The number of nitrogens with one attached hydrogen (secondary N) is 2. The van der Waals surface area contributed by atoms with Crippen LogP contribution in [0.15, 0.2) is 24.5 Å². The number of amides is 3. The lowest BCUT2D eigenvalue weighted by molar-refractivity contribution is -0.120. The molecule has 0 saturated carbocycles. The first-order valence-corrected chi connectivity index (χ1v) is 10.6. The zero-order valence-electron chi connectivity index (χ0n) is 16.9. The van der Waals surface area contributed by atoms with Crippen molar-refractivity contribution in [1.29, 1.82) is 0 Å². The van der Waals surface area contributed by atoms with Crippen LogP contribution in [-0.4, -0.2) is 91.3 Å². The van der Waals surface area contributed by atoms with Gasteiger partial charge in [-0.1, -0.05) is 0 Å². The Bertz CT molecular complexity index is 932. The number of imidazole rings is 1. The number of morpholine rings is 1. The summed E-state index contributed by atoms with van der Waals surface area (Å²) >= 11 is 0. The molecule has 160 valence electrons. The van der Waals surface area contributed by atoms with E-state index < -0.39 is 6.03 Å². The van der Waals surface area contributed by atoms with E-state index in [1.807, 2.05) is 10.6 Å². The number of urea groups is 1. The Kier molecular flexibility index (Phi) is 5.28. The first kappa shape index (κ1) is 19.3. The average molecular weight is 413 g/mol. The van der Waals surface area contributed by atoms with Crippen LogP contribution < -0.4 is 20.4 Å². The number of piperazine rings is 1. The van der Waals surface area contributed by atoms with Crippen molar-refractivity contribution in [3.05, 3.63) is 24.5 Å². The quantitative estimate of drug-likeness (QED) is 0.722. The molecule has 2 aromatic heterocycles. The maximum atomic E-state index is 12.2. The summed E-state index contributed by atoms with van der Waals surface area (Å²) in [6.45, 7) is 7.95. The number of carbonyl (C=O) groups is 2. The minimum atomic E-state index is -0.398. The van der Waals surface area contributed by atoms with Crippen molar-refractivity contribution in [3.63, 3.8) is 0 Å². The van der Waals surface area contributed by atoms with Crippen molar-refractivity contribution in [3.8, 4) is 0 Å². The highest BCUT2D eigenvalue weighted by molar-refractivity contribution is 6.05. The number of hydrogen-bond acceptors (Lipinski definition) is 7. The molecule has 3 fully saturated rings. The molecule has 0 radical (unpaired) electrons. The summed E-state index contributed by atoms with van der Waals surface area (Å²) in [6, 6.07) is 3.72. The third-order valence-electron chi connectivity index (χ3n) is 6.01. The van der Waals surface area contributed by atoms with Gasteiger partial charge < -0.3 is 15.0 Å². The summed E-state index contributed by atoms with van der Waals surface area (Å²) in [7, 11) is 0. The number of anilines is 2. The zero-order valence-corrected chi connectivity index (χ0v) is 16.9. The van der Waals surface area contributed by atoms with Gasteiger partial charge in [0.1, 0.15) is 11.5 Å². The molecule has 3 amide bonds. The minimum absolute atomic E-state index is 0.238. The molecule has 10 heteroatoms. The monoisotopic (exact) mass is 413 g/mol. The van der Waals surface area contributed by atoms with Crippen molar-refractivity contribution >= 4 is 29.1 Å². The Balaban J connectivity index is 1.24. The molecule has 0 aromatic carbocycles. The van der Waals surface area contributed by atoms with Crippen LogP contribution in [-0.2, 0) is 9.53 Å². The van der Waals surface area contributed by atoms with Crippen molar-refractivity contribution < 1.29 is 14.3 Å². The first-order chi connectivity index (χ1) is 14.7. The van der Waals surface area contributed by atoms with Crippen LogP contribution in [0.1, 0.15) is 6.42 Å². The molecular weight excluding hydrogens is 386 g/mol. The molecule has 3 aliphatic rings. The van der Waals surface area contributed by atoms with Gasteiger partial charge in [-0.2, -0.15) is 0 Å². The van der Waals surface area contributed by atoms with Crippen molar-refractivity contribution in [2.45, 2.75) is 12.5 Å². The molecule has 5 rings (SSSR count). The van der Waals surface area contributed by atoms with Gasteiger partial charge in [-0.25, -0.2) is 9.78 Å². The van der Waals surface area contributed by atoms with Crippen LogP contribution >= 0.6 is 0 Å². The van der Waals surface area contributed by atoms with Crippen LogP contribution in [0, 0.1) is 0 Å². The molecule has 0 bridgehead atoms. The normalized spacial score (nSPS) is 23.8. The van der Waals surface area contributed by atoms with Gasteiger partial charge in [0.15, 0.2) is 0 Å². The lowest BCUT2D eigenvalue weighted by Gasteiger charge is -2.38. The van der Waals surface area contributed by atoms with E-state index in [2.05, 4.69) is 37.6 Å². The second kappa shape index (κ2) is 8.21. The van der Waals surface area contributed by atoms with Gasteiger partial charge in [0.05, 0.1) is 18.9 Å². The molecule has 2 N–H and O–H groups in total. The van der Waals surface area contributed by atoms with Crippen molar-refractivity contribution in [1.82, 2.24) is 24.9 Å². The Hall–Kier alpha value is -2.69. The van der Waals surface area contributed by atoms with E-state index in [1.165, 1.54) is 0 Å². The molecule has 5 heterocycles. The number of imide groups is 1. The Morgan fingerprint density at radius 2 is 2.03 bits per heavy atom. The Morgan fingerprint density at radius 3 is 2.80 bits per heavy atom. The fourth-order valence-corrected chi connectivity index (χ4v) is 4.35. The summed E-state index contributed by atoms with van der Waals surface area (Å²) in [6.07, 6.45) is 4.21. The minimum Gasteiger partial charge on any atom is -0.374 e. The molecule has 3 saturated heterocycles. The summed E-state index contributed by atoms with van der Waals surface area (Å²) in [5.41, 5.74) is 1.92. The molecule has 10 nitrogen and oxygen atoms in total. The van der Waals surface area contributed by atoms with Gasteiger partial charge in [0.2, 0.25) is 5.91 Å². The maximum Gasteiger partial charge on any atom is 0.329 e. The van der Waals surface area contributed by atoms with Gasteiger partial charge in [0.25, 0.3) is 0 Å². The van der Waals surface area contributed by atoms with E-state index in [9.17, 15) is 9.59 Å². The first-order valence-electron chi connectivity index (χ1n) is 10.6. The van der Waals surface area contributed by atoms with Crippen LogP contribution in [0.5, 0.6) is 0 Å². The third-order valence-corrected chi connectivity index (χ3v) is 6.01. The molecule has 0 spiro atoms. The van der Waals surface area contributed by atoms with E-state index in [1.54, 1.807) is 11.1 Å². The zero-order chi connectivity index (χ0) is 20.5. The van der Waals surface area contributed by atoms with Crippen LogP contribution in [0.2, 0.25) is 0 Å². The lowest BCUT2D eigenvalue weighted by Crippen LogP contribution is -2.51. The van der Waals surface area contributed by atoms with Crippen molar-refractivity contribution in [2.24, 2.45) is 0 Å². The Morgan fingerprint density at radius 1 is 1.17 bits per heavy atom. The predicted octanol–water partition coefficient (Wildman–Crippen LogP) is -0.109. The highest BCUT2D eigenvalue weighted by Crippen LogP contribution is 2.24. The molecule has 3 aliphatic heterocycles. The number of aromatic nitrogens is 2. The fourth-order valence-electron chi connectivity index (χ4n) is 4.35. The number of carbonyl (C=O) groups excluding carboxylic acids is 2. The Labute approximate surface area is 174 Å². The number of nitrogens with zero attached hydrogens (tertiary/aromatic N) is 5. The highest BCUT2D eigenvalue weighted by Gasteiger charge is 2.27. The number of pyridine rings is 1. The topological polar surface area (TPSA) is 94.5 Å². The summed E-state index contributed by atoms with van der Waals surface area (Å²) in [4.78, 5) is 34.5. The van der Waals surface area contributed by atoms with Crippen LogP contribution in [0.4, 0.5) is 16.3 Å². The fraction of sp³-hybridized carbons (Fsp3) is 0.550. The van der Waals surface area contributed by atoms with Gasteiger partial charge in [-0.3, -0.25) is 24.3 Å². The van der Waals surface area contributed by atoms with E-state index in [0.29, 0.717) is 18.8 Å². The van der Waals surface area contributed by atoms with Crippen LogP contribution in [0.25, 0.3) is 5.65 Å². The third kappa shape index (κ3) is 3.85. The maximum absolute atomic E-state index is 12.2. The summed E-state index contributed by atoms with van der Waals surface area (Å²) < 4.78 is 7.72. The number of fused-ring (bicyclic) bond motifs is 1. The van der Waals surface area contributed by atoms with E-state index in [4.69, 9.17) is 4.74 Å². The number of ether oxygens (including phenoxy) is 1. The van der Waals surface area contributed by atoms with E-state index >= 15 is 0 Å². The van der Waals surface area contributed by atoms with Crippen molar-refractivity contribution in [2.75, 3.05) is 68.8 Å². The number of hydrogen-bond donors (Lipinski definition) is 2. The van der Waals surface area contributed by atoms with E-state index in [0.717, 1.165) is 63.8 Å². The van der Waals surface area contributed by atoms with Crippen LogP contribution in [0.3, 0.4) is 0 Å². The van der Waals surface area contributed by atoms with Gasteiger partial charge in [0, 0.05) is 76.7 Å². The molecule has 1 atom stereocenters. The van der Waals surface area contributed by atoms with E-state index in [-0.39, 0.29) is 12.0 Å². The standard InChI is InChI=1S/C20H27N7O3/c28-18-2-5-27(20(29)23-18)19-13-22-17-11-15(1-4-26(17)19)25-8-6-24(7-9-25)14-16-12-21-3-10-30-16/h1,4,11,13,16,21H,2-3,5-10,12,14H2,(H,23,28,29)/t16-/m0/s1. The van der Waals surface area contributed by atoms with Gasteiger partial charge >= 0.3 is 6.03 Å². The lowest BCUT2D eigenvalue weighted by atomic mass is 10.2. The summed E-state index contributed by atoms with van der Waals surface area (Å²) in [5.74, 6) is 0.435. The highest BCUT2D eigenvalue weighted by atomic mass is 16.5. The smallest absolute Gasteiger partial charge is 0.329 e. The molecule has 2 aromatic rings.